The Morgan fingerprint density at radius 1 is 0.949 bits per heavy atom. The summed E-state index contributed by atoms with van der Waals surface area (Å²) in [4.78, 5) is 34.8. The number of hydrogen-bond donors (Lipinski definition) is 1. The van der Waals surface area contributed by atoms with Gasteiger partial charge in [-0.2, -0.15) is 5.10 Å². The molecule has 1 aliphatic rings. The van der Waals surface area contributed by atoms with Gasteiger partial charge in [-0.25, -0.2) is 4.79 Å². The zero-order chi connectivity index (χ0) is 42.0. The van der Waals surface area contributed by atoms with Crippen LogP contribution in [-0.2, 0) is 20.0 Å². The topological polar surface area (TPSA) is 117 Å². The Morgan fingerprint density at radius 3 is 2.36 bits per heavy atom. The Labute approximate surface area is 352 Å². The van der Waals surface area contributed by atoms with Crippen molar-refractivity contribution in [2.75, 3.05) is 25.2 Å². The molecule has 1 atom stereocenters. The second kappa shape index (κ2) is 15.4. The molecule has 0 bridgehead atoms. The highest BCUT2D eigenvalue weighted by molar-refractivity contribution is 6.35. The molecule has 3 aromatic carbocycles. The van der Waals surface area contributed by atoms with Gasteiger partial charge < -0.3 is 28.6 Å². The summed E-state index contributed by atoms with van der Waals surface area (Å²) in [6, 6.07) is 18.5. The van der Waals surface area contributed by atoms with E-state index in [1.165, 1.54) is 0 Å². The highest BCUT2D eigenvalue weighted by atomic mass is 35.5. The number of rotatable bonds is 11. The van der Waals surface area contributed by atoms with Crippen LogP contribution in [0.5, 0.6) is 11.5 Å². The molecule has 11 nitrogen and oxygen atoms in total. The van der Waals surface area contributed by atoms with Crippen LogP contribution in [0.4, 0.5) is 5.69 Å². The number of aromatic nitrogens is 5. The van der Waals surface area contributed by atoms with Gasteiger partial charge in [-0.05, 0) is 120 Å². The first-order valence-electron chi connectivity index (χ1n) is 19.6. The second-order valence-corrected chi connectivity index (χ2v) is 16.3. The van der Waals surface area contributed by atoms with E-state index < -0.39 is 5.97 Å². The molecule has 304 valence electrons. The molecule has 1 N–H and O–H groups in total. The summed E-state index contributed by atoms with van der Waals surface area (Å²) in [5.74, 6) is -0.0550. The van der Waals surface area contributed by atoms with Crippen molar-refractivity contribution >= 4 is 62.6 Å². The Bertz CT molecular complexity index is 2830. The van der Waals surface area contributed by atoms with E-state index >= 15 is 4.79 Å². The molecule has 13 heteroatoms. The monoisotopic (exact) mass is 832 g/mol. The van der Waals surface area contributed by atoms with E-state index in [4.69, 9.17) is 42.8 Å². The van der Waals surface area contributed by atoms with Crippen LogP contribution in [0.2, 0.25) is 10.0 Å². The number of anilines is 1. The summed E-state index contributed by atoms with van der Waals surface area (Å²) in [5, 5.41) is 18.1. The maximum Gasteiger partial charge on any atom is 0.352 e. The molecule has 5 heterocycles. The molecule has 0 spiro atoms. The van der Waals surface area contributed by atoms with Gasteiger partial charge >= 0.3 is 5.97 Å². The number of carboxylic acid groups (broad SMARTS) is 1. The standard InChI is InChI=1S/C46H46Cl2N6O5/c1-24-19-31(20-25(2)41(24)48)59-18-10-13-32-33-14-15-35(47)40(39-28(5)50-51(7)29(39)6)43(33)54-27(4)22-53(45(55)44(32)54)36-16-17-38(58-8)34-21-37(46(56)57)52(42(34)36)23-30-12-9-11-26(3)49-30/h9,11-12,14-17,19-21,27H,10,13,18,22-23H2,1-8H3,(H,56,57). The molecular weight excluding hydrogens is 787 g/mol. The first-order chi connectivity index (χ1) is 28.2. The molecule has 59 heavy (non-hydrogen) atoms. The van der Waals surface area contributed by atoms with Crippen molar-refractivity contribution in [2.24, 2.45) is 7.05 Å². The molecular formula is C46H46Cl2N6O5. The van der Waals surface area contributed by atoms with Crippen LogP contribution in [-0.4, -0.2) is 61.1 Å². The molecule has 0 fully saturated rings. The van der Waals surface area contributed by atoms with Crippen molar-refractivity contribution in [1.29, 1.82) is 0 Å². The van der Waals surface area contributed by atoms with Crippen LogP contribution in [0.1, 0.15) is 79.8 Å². The summed E-state index contributed by atoms with van der Waals surface area (Å²) in [6.45, 7) is 12.8. The number of aromatic carboxylic acids is 1. The number of amides is 1. The minimum atomic E-state index is -1.10. The second-order valence-electron chi connectivity index (χ2n) is 15.5. The average molecular weight is 834 g/mol. The first kappa shape index (κ1) is 40.0. The number of carbonyl (C=O) groups is 2. The lowest BCUT2D eigenvalue weighted by molar-refractivity contribution is 0.0686. The Kier molecular flexibility index (Phi) is 10.5. The Balaban J connectivity index is 1.30. The van der Waals surface area contributed by atoms with Gasteiger partial charge in [-0.15, -0.1) is 0 Å². The highest BCUT2D eigenvalue weighted by Gasteiger charge is 2.38. The van der Waals surface area contributed by atoms with Crippen molar-refractivity contribution in [3.8, 4) is 22.6 Å². The number of carbonyl (C=O) groups excluding carboxylic acids is 1. The third kappa shape index (κ3) is 6.79. The normalized spacial score (nSPS) is 14.1. The van der Waals surface area contributed by atoms with E-state index in [1.54, 1.807) is 28.7 Å². The number of fused-ring (bicyclic) bond motifs is 4. The number of benzene rings is 3. The smallest absolute Gasteiger partial charge is 0.352 e. The van der Waals surface area contributed by atoms with Gasteiger partial charge in [0.25, 0.3) is 5.91 Å². The van der Waals surface area contributed by atoms with Crippen molar-refractivity contribution in [1.82, 2.24) is 23.9 Å². The van der Waals surface area contributed by atoms with Crippen LogP contribution in [0, 0.1) is 34.6 Å². The minimum absolute atomic E-state index is 0.0638. The average Bonchev–Trinajstić information content (AvgIpc) is 3.82. The first-order valence-corrected chi connectivity index (χ1v) is 20.4. The van der Waals surface area contributed by atoms with Gasteiger partial charge in [0.1, 0.15) is 22.9 Å². The molecule has 1 unspecified atom stereocenters. The fraction of sp³-hybridized carbons (Fsp3) is 0.304. The lowest BCUT2D eigenvalue weighted by Gasteiger charge is -2.35. The van der Waals surface area contributed by atoms with Gasteiger partial charge in [0.2, 0.25) is 0 Å². The summed E-state index contributed by atoms with van der Waals surface area (Å²) in [5.41, 5.74) is 10.5. The van der Waals surface area contributed by atoms with E-state index in [9.17, 15) is 9.90 Å². The number of methoxy groups -OCH3 is 1. The maximum absolute atomic E-state index is 15.5. The number of pyridine rings is 1. The van der Waals surface area contributed by atoms with Crippen LogP contribution < -0.4 is 14.4 Å². The molecule has 0 radical (unpaired) electrons. The van der Waals surface area contributed by atoms with Crippen LogP contribution in [0.3, 0.4) is 0 Å². The van der Waals surface area contributed by atoms with E-state index in [-0.39, 0.29) is 24.2 Å². The number of aryl methyl sites for hydroxylation is 6. The molecule has 1 aliphatic heterocycles. The van der Waals surface area contributed by atoms with Crippen molar-refractivity contribution < 1.29 is 24.2 Å². The van der Waals surface area contributed by atoms with Gasteiger partial charge in [-0.1, -0.05) is 35.3 Å². The molecule has 7 aromatic rings. The highest BCUT2D eigenvalue weighted by Crippen LogP contribution is 2.46. The van der Waals surface area contributed by atoms with Crippen LogP contribution in [0.25, 0.3) is 32.9 Å². The fourth-order valence-corrected chi connectivity index (χ4v) is 9.22. The molecule has 8 rings (SSSR count). The van der Waals surface area contributed by atoms with Crippen molar-refractivity contribution in [3.63, 3.8) is 0 Å². The van der Waals surface area contributed by atoms with Gasteiger partial charge in [0.05, 0.1) is 53.4 Å². The third-order valence-corrected chi connectivity index (χ3v) is 12.5. The molecule has 4 aromatic heterocycles. The van der Waals surface area contributed by atoms with E-state index in [0.717, 1.165) is 66.6 Å². The zero-order valence-electron chi connectivity index (χ0n) is 34.4. The van der Waals surface area contributed by atoms with Gasteiger partial charge in [0.15, 0.2) is 0 Å². The molecule has 0 saturated heterocycles. The largest absolute Gasteiger partial charge is 0.496 e. The fourth-order valence-electron chi connectivity index (χ4n) is 8.86. The molecule has 0 saturated carbocycles. The summed E-state index contributed by atoms with van der Waals surface area (Å²) in [7, 11) is 3.48. The van der Waals surface area contributed by atoms with Crippen LogP contribution >= 0.6 is 23.2 Å². The van der Waals surface area contributed by atoms with Gasteiger partial charge in [0, 0.05) is 57.9 Å². The van der Waals surface area contributed by atoms with Gasteiger partial charge in [-0.3, -0.25) is 14.5 Å². The number of hydrogen-bond acceptors (Lipinski definition) is 6. The predicted molar refractivity (Wildman–Crippen MR) is 233 cm³/mol. The minimum Gasteiger partial charge on any atom is -0.496 e. The van der Waals surface area contributed by atoms with Crippen LogP contribution in [0.15, 0.2) is 60.7 Å². The third-order valence-electron chi connectivity index (χ3n) is 11.6. The summed E-state index contributed by atoms with van der Waals surface area (Å²) < 4.78 is 17.8. The van der Waals surface area contributed by atoms with Crippen molar-refractivity contribution in [2.45, 2.75) is 67.0 Å². The Hall–Kier alpha value is -5.78. The van der Waals surface area contributed by atoms with E-state index in [2.05, 4.69) is 11.5 Å². The summed E-state index contributed by atoms with van der Waals surface area (Å²) in [6.07, 6.45) is 1.16. The van der Waals surface area contributed by atoms with E-state index in [1.807, 2.05) is 94.9 Å². The summed E-state index contributed by atoms with van der Waals surface area (Å²) >= 11 is 13.6. The zero-order valence-corrected chi connectivity index (χ0v) is 35.9. The molecule has 0 aliphatic carbocycles. The SMILES string of the molecule is COc1ccc(N2CC(C)n3c(c(CCCOc4cc(C)c(Cl)c(C)c4)c4ccc(Cl)c(-c5c(C)nn(C)c5C)c43)C2=O)c2c1cc(C(=O)O)n2Cc1cccc(C)n1. The lowest BCUT2D eigenvalue weighted by atomic mass is 9.98. The predicted octanol–water partition coefficient (Wildman–Crippen LogP) is 10.2. The number of nitrogens with zero attached hydrogens (tertiary/aromatic N) is 6. The lowest BCUT2D eigenvalue weighted by Crippen LogP contribution is -2.43. The number of ether oxygens (including phenoxy) is 2. The number of halogens is 2. The van der Waals surface area contributed by atoms with Crippen molar-refractivity contribution in [3.05, 3.63) is 122 Å². The quantitative estimate of drug-likeness (QED) is 0.129. The molecule has 1 amide bonds. The number of carboxylic acids is 1. The van der Waals surface area contributed by atoms with E-state index in [0.29, 0.717) is 64.7 Å². The Morgan fingerprint density at radius 2 is 1.69 bits per heavy atom. The maximum atomic E-state index is 15.5.